The first-order valence-corrected chi connectivity index (χ1v) is 12.6. The van der Waals surface area contributed by atoms with Gasteiger partial charge in [0.2, 0.25) is 6.29 Å². The van der Waals surface area contributed by atoms with Gasteiger partial charge in [0.05, 0.1) is 24.4 Å². The number of ether oxygens (including phenoxy) is 7. The van der Waals surface area contributed by atoms with Gasteiger partial charge in [-0.05, 0) is 30.3 Å². The molecule has 1 saturated carbocycles. The highest BCUT2D eigenvalue weighted by atomic mass is 16.8. The Morgan fingerprint density at radius 2 is 1.70 bits per heavy atom. The van der Waals surface area contributed by atoms with E-state index >= 15 is 0 Å². The maximum Gasteiger partial charge on any atom is 0.338 e. The largest absolute Gasteiger partial charge is 0.472 e. The van der Waals surface area contributed by atoms with Crippen molar-refractivity contribution < 1.29 is 68.0 Å². The van der Waals surface area contributed by atoms with Gasteiger partial charge in [-0.1, -0.05) is 0 Å². The van der Waals surface area contributed by atoms with Gasteiger partial charge in [0.15, 0.2) is 6.29 Å². The van der Waals surface area contributed by atoms with Crippen molar-refractivity contribution >= 4 is 17.9 Å². The van der Waals surface area contributed by atoms with E-state index in [-0.39, 0.29) is 17.9 Å². The van der Waals surface area contributed by atoms with Gasteiger partial charge in [-0.25, -0.2) is 4.79 Å². The Labute approximate surface area is 227 Å². The first kappa shape index (κ1) is 28.4. The Morgan fingerprint density at radius 1 is 0.975 bits per heavy atom. The summed E-state index contributed by atoms with van der Waals surface area (Å²) in [6.07, 6.45) is -7.39. The highest BCUT2D eigenvalue weighted by Crippen LogP contribution is 2.61. The van der Waals surface area contributed by atoms with Crippen LogP contribution < -0.4 is 4.74 Å². The van der Waals surface area contributed by atoms with E-state index in [1.54, 1.807) is 6.08 Å². The molecule has 218 valence electrons. The molecule has 0 bridgehead atoms. The Kier molecular flexibility index (Phi) is 7.85. The summed E-state index contributed by atoms with van der Waals surface area (Å²) in [7, 11) is 0. The molecule has 3 heterocycles. The molecule has 14 heteroatoms. The molecule has 4 N–H and O–H groups in total. The molecule has 0 unspecified atom stereocenters. The number of carbonyl (C=O) groups is 3. The molecular formula is C26H30O14. The second-order valence-electron chi connectivity index (χ2n) is 10.0. The number of epoxide rings is 1. The lowest BCUT2D eigenvalue weighted by Gasteiger charge is -2.43. The van der Waals surface area contributed by atoms with Gasteiger partial charge in [0.1, 0.15) is 54.6 Å². The molecule has 2 saturated heterocycles. The fourth-order valence-corrected chi connectivity index (χ4v) is 5.50. The second-order valence-corrected chi connectivity index (χ2v) is 10.0. The van der Waals surface area contributed by atoms with Gasteiger partial charge in [-0.3, -0.25) is 9.59 Å². The molecule has 1 aliphatic carbocycles. The molecule has 0 amide bonds. The zero-order valence-electron chi connectivity index (χ0n) is 21.5. The van der Waals surface area contributed by atoms with Crippen LogP contribution in [0, 0.1) is 11.8 Å². The van der Waals surface area contributed by atoms with Gasteiger partial charge < -0.3 is 53.6 Å². The van der Waals surface area contributed by atoms with Crippen LogP contribution in [0.3, 0.4) is 0 Å². The summed E-state index contributed by atoms with van der Waals surface area (Å²) in [6, 6.07) is 5.79. The Morgan fingerprint density at radius 3 is 2.35 bits per heavy atom. The average molecular weight is 567 g/mol. The number of carbonyl (C=O) groups excluding carboxylic acids is 3. The quantitative estimate of drug-likeness (QED) is 0.166. The fourth-order valence-electron chi connectivity index (χ4n) is 5.50. The molecular weight excluding hydrogens is 536 g/mol. The molecule has 0 aromatic heterocycles. The van der Waals surface area contributed by atoms with Crippen molar-refractivity contribution in [1.82, 2.24) is 0 Å². The number of esters is 3. The van der Waals surface area contributed by atoms with Crippen LogP contribution in [0.2, 0.25) is 0 Å². The standard InChI is InChI=1S/C26H30O14/c1-11(28)35-10-26-17-15(7-8-34-24(17)39-25-20(32)19(31)18(30)16(9-27)37-25)21(22(26)40-26)38-23(33)13-3-5-14(6-4-13)36-12(2)29/h3-8,15-22,24-25,27,30-32H,9-10H2,1-2H3/t15-,16-,17-,18-,19+,20-,21-,22-,24-,25+,26-/m1/s1. The highest BCUT2D eigenvalue weighted by molar-refractivity contribution is 5.89. The number of hydrogen-bond donors (Lipinski definition) is 4. The minimum atomic E-state index is -1.68. The summed E-state index contributed by atoms with van der Waals surface area (Å²) in [5.74, 6) is -2.75. The van der Waals surface area contributed by atoms with Crippen molar-refractivity contribution in [3.8, 4) is 5.75 Å². The summed E-state index contributed by atoms with van der Waals surface area (Å²) in [5.41, 5.74) is -0.972. The molecule has 0 radical (unpaired) electrons. The maximum atomic E-state index is 13.0. The van der Waals surface area contributed by atoms with Gasteiger partial charge in [0, 0.05) is 19.8 Å². The smallest absolute Gasteiger partial charge is 0.338 e. The minimum absolute atomic E-state index is 0.191. The number of aliphatic hydroxyl groups excluding tert-OH is 4. The van der Waals surface area contributed by atoms with Crippen molar-refractivity contribution in [1.29, 1.82) is 0 Å². The Hall–Kier alpha value is -3.11. The van der Waals surface area contributed by atoms with E-state index in [4.69, 9.17) is 33.2 Å². The summed E-state index contributed by atoms with van der Waals surface area (Å²) < 4.78 is 39.1. The van der Waals surface area contributed by atoms with Crippen LogP contribution in [0.15, 0.2) is 36.6 Å². The van der Waals surface area contributed by atoms with Crippen LogP contribution >= 0.6 is 0 Å². The van der Waals surface area contributed by atoms with E-state index in [9.17, 15) is 34.8 Å². The average Bonchev–Trinajstić information content (AvgIpc) is 3.59. The number of rotatable bonds is 8. The minimum Gasteiger partial charge on any atom is -0.472 e. The van der Waals surface area contributed by atoms with E-state index in [0.717, 1.165) is 0 Å². The molecule has 40 heavy (non-hydrogen) atoms. The van der Waals surface area contributed by atoms with Crippen molar-refractivity contribution in [3.05, 3.63) is 42.2 Å². The molecule has 1 aromatic carbocycles. The zero-order valence-corrected chi connectivity index (χ0v) is 21.5. The molecule has 14 nitrogen and oxygen atoms in total. The fraction of sp³-hybridized carbons (Fsp3) is 0.577. The lowest BCUT2D eigenvalue weighted by atomic mass is 9.85. The number of hydrogen-bond acceptors (Lipinski definition) is 14. The Bertz CT molecular complexity index is 1150. The maximum absolute atomic E-state index is 13.0. The predicted octanol–water partition coefficient (Wildman–Crippen LogP) is -1.23. The normalized spacial score (nSPS) is 39.4. The molecule has 11 atom stereocenters. The molecule has 3 fully saturated rings. The van der Waals surface area contributed by atoms with Crippen molar-refractivity contribution in [2.45, 2.75) is 68.7 Å². The Balaban J connectivity index is 1.36. The topological polar surface area (TPSA) is 200 Å². The van der Waals surface area contributed by atoms with Crippen LogP contribution in [0.25, 0.3) is 0 Å². The van der Waals surface area contributed by atoms with E-state index in [1.165, 1.54) is 44.4 Å². The van der Waals surface area contributed by atoms with Crippen LogP contribution in [0.4, 0.5) is 0 Å². The van der Waals surface area contributed by atoms with Gasteiger partial charge in [0.25, 0.3) is 0 Å². The molecule has 5 rings (SSSR count). The molecule has 1 aromatic rings. The van der Waals surface area contributed by atoms with Crippen LogP contribution in [0.1, 0.15) is 24.2 Å². The van der Waals surface area contributed by atoms with E-state index < -0.39 is 91.2 Å². The zero-order chi connectivity index (χ0) is 28.8. The van der Waals surface area contributed by atoms with E-state index in [2.05, 4.69) is 0 Å². The molecule has 4 aliphatic rings. The highest BCUT2D eigenvalue weighted by Gasteiger charge is 2.78. The second kappa shape index (κ2) is 11.0. The SMILES string of the molecule is CC(=O)OC[C@]12O[C@@H]1[C@H](OC(=O)c1ccc(OC(C)=O)cc1)[C@@H]1C=CO[C@H](O[C@@H]3O[C@H](CO)[C@@H](O)[C@H](O)[C@H]3O)[C@@H]12. The number of fused-ring (bicyclic) bond motifs is 3. The third-order valence-corrected chi connectivity index (χ3v) is 7.45. The molecule has 0 spiro atoms. The van der Waals surface area contributed by atoms with Crippen molar-refractivity contribution in [2.24, 2.45) is 11.8 Å². The summed E-state index contributed by atoms with van der Waals surface area (Å²) in [6.45, 7) is 1.64. The van der Waals surface area contributed by atoms with Crippen molar-refractivity contribution in [3.63, 3.8) is 0 Å². The van der Waals surface area contributed by atoms with E-state index in [1.807, 2.05) is 0 Å². The van der Waals surface area contributed by atoms with Gasteiger partial charge >= 0.3 is 17.9 Å². The van der Waals surface area contributed by atoms with Gasteiger partial charge in [-0.15, -0.1) is 0 Å². The van der Waals surface area contributed by atoms with Crippen LogP contribution in [0.5, 0.6) is 5.75 Å². The third-order valence-electron chi connectivity index (χ3n) is 7.45. The van der Waals surface area contributed by atoms with E-state index in [0.29, 0.717) is 0 Å². The lowest BCUT2D eigenvalue weighted by molar-refractivity contribution is -0.344. The van der Waals surface area contributed by atoms with Gasteiger partial charge in [-0.2, -0.15) is 0 Å². The first-order valence-electron chi connectivity index (χ1n) is 12.6. The summed E-state index contributed by atoms with van der Waals surface area (Å²) >= 11 is 0. The van der Waals surface area contributed by atoms with Crippen LogP contribution in [-0.2, 0) is 38.0 Å². The van der Waals surface area contributed by atoms with Crippen LogP contribution in [-0.4, -0.2) is 106 Å². The summed E-state index contributed by atoms with van der Waals surface area (Å²) in [4.78, 5) is 35.8. The lowest BCUT2D eigenvalue weighted by Crippen LogP contribution is -2.60. The monoisotopic (exact) mass is 566 g/mol. The number of benzene rings is 1. The molecule has 3 aliphatic heterocycles. The number of aliphatic hydroxyl groups is 4. The first-order chi connectivity index (χ1) is 19.1. The van der Waals surface area contributed by atoms with Crippen molar-refractivity contribution in [2.75, 3.05) is 13.2 Å². The predicted molar refractivity (Wildman–Crippen MR) is 127 cm³/mol. The third kappa shape index (κ3) is 5.19. The summed E-state index contributed by atoms with van der Waals surface area (Å²) in [5, 5.41) is 40.2.